The molecule has 9 heteroatoms. The number of hydrogen-bond donors (Lipinski definition) is 1. The Morgan fingerprint density at radius 1 is 1.12 bits per heavy atom. The van der Waals surface area contributed by atoms with E-state index in [1.54, 1.807) is 6.92 Å². The molecule has 0 saturated carbocycles. The molecule has 4 rings (SSSR count). The van der Waals surface area contributed by atoms with Crippen LogP contribution in [0.1, 0.15) is 22.5 Å². The van der Waals surface area contributed by atoms with E-state index in [0.29, 0.717) is 12.3 Å². The van der Waals surface area contributed by atoms with E-state index in [1.165, 1.54) is 28.6 Å². The number of aryl methyl sites for hydroxylation is 1. The van der Waals surface area contributed by atoms with Crippen molar-refractivity contribution >= 4 is 28.6 Å². The predicted molar refractivity (Wildman–Crippen MR) is 129 cm³/mol. The van der Waals surface area contributed by atoms with Crippen LogP contribution in [-0.2, 0) is 17.9 Å². The molecule has 1 heterocycles. The fourth-order valence-electron chi connectivity index (χ4n) is 3.69. The number of aromatic nitrogens is 2. The Labute approximate surface area is 195 Å². The zero-order chi connectivity index (χ0) is 24.1. The molecule has 0 atom stereocenters. The highest BCUT2D eigenvalue weighted by Crippen LogP contribution is 2.22. The van der Waals surface area contributed by atoms with Crippen LogP contribution in [0.4, 0.5) is 5.69 Å². The lowest BCUT2D eigenvalue weighted by atomic mass is 10.1. The van der Waals surface area contributed by atoms with Crippen LogP contribution in [-0.4, -0.2) is 26.8 Å². The Balaban J connectivity index is 1.31. The summed E-state index contributed by atoms with van der Waals surface area (Å²) in [5.74, 6) is 0.284. The van der Waals surface area contributed by atoms with Crippen LogP contribution in [0, 0.1) is 24.0 Å². The van der Waals surface area contributed by atoms with Gasteiger partial charge >= 0.3 is 5.69 Å². The number of hydrazone groups is 1. The molecule has 0 unspecified atom stereocenters. The molecule has 1 N–H and O–H groups in total. The van der Waals surface area contributed by atoms with E-state index in [1.807, 2.05) is 42.5 Å². The van der Waals surface area contributed by atoms with Crippen LogP contribution in [0.5, 0.6) is 5.75 Å². The monoisotopic (exact) mass is 457 g/mol. The molecule has 1 amide bonds. The largest absolute Gasteiger partial charge is 0.489 e. The maximum atomic E-state index is 12.1. The molecule has 0 aliphatic rings. The molecular formula is C25H23N5O4. The van der Waals surface area contributed by atoms with Crippen LogP contribution in [0.15, 0.2) is 71.8 Å². The van der Waals surface area contributed by atoms with Crippen LogP contribution < -0.4 is 10.2 Å². The number of amides is 1. The summed E-state index contributed by atoms with van der Waals surface area (Å²) in [5.41, 5.74) is 4.80. The first-order valence-electron chi connectivity index (χ1n) is 10.6. The fourth-order valence-corrected chi connectivity index (χ4v) is 3.69. The van der Waals surface area contributed by atoms with Gasteiger partial charge in [-0.2, -0.15) is 10.2 Å². The molecule has 3 aromatic carbocycles. The van der Waals surface area contributed by atoms with Crippen LogP contribution >= 0.6 is 0 Å². The molecule has 0 aliphatic carbocycles. The minimum absolute atomic E-state index is 0.0842. The third-order valence-corrected chi connectivity index (χ3v) is 5.38. The van der Waals surface area contributed by atoms with E-state index in [0.717, 1.165) is 16.9 Å². The van der Waals surface area contributed by atoms with Gasteiger partial charge in [0.2, 0.25) is 0 Å². The van der Waals surface area contributed by atoms with Gasteiger partial charge in [0.15, 0.2) is 0 Å². The molecule has 1 aromatic heterocycles. The van der Waals surface area contributed by atoms with Crippen molar-refractivity contribution in [1.82, 2.24) is 15.2 Å². The summed E-state index contributed by atoms with van der Waals surface area (Å²) >= 11 is 0. The van der Waals surface area contributed by atoms with Crippen molar-refractivity contribution in [3.8, 4) is 5.75 Å². The minimum Gasteiger partial charge on any atom is -0.489 e. The molecule has 0 fully saturated rings. The molecule has 0 bridgehead atoms. The van der Waals surface area contributed by atoms with Crippen molar-refractivity contribution in [2.75, 3.05) is 0 Å². The highest BCUT2D eigenvalue weighted by atomic mass is 16.6. The molecule has 0 saturated heterocycles. The Kier molecular flexibility index (Phi) is 6.63. The highest BCUT2D eigenvalue weighted by Gasteiger charge is 2.22. The standard InChI is InChI=1S/C25H23N5O4/c1-17-25(30(32)33)18(2)29(28-17)15-24(31)27-26-14-19-10-12-22(13-11-19)34-16-21-8-5-7-20-6-3-4-9-23(20)21/h3-14H,15-16H2,1-2H3,(H,27,31)/b26-14+. The van der Waals surface area contributed by atoms with Gasteiger partial charge in [-0.1, -0.05) is 42.5 Å². The van der Waals surface area contributed by atoms with Gasteiger partial charge in [0.1, 0.15) is 30.3 Å². The van der Waals surface area contributed by atoms with Gasteiger partial charge in [-0.15, -0.1) is 0 Å². The average molecular weight is 457 g/mol. The van der Waals surface area contributed by atoms with Crippen LogP contribution in [0.25, 0.3) is 10.8 Å². The molecular weight excluding hydrogens is 434 g/mol. The Morgan fingerprint density at radius 3 is 2.59 bits per heavy atom. The summed E-state index contributed by atoms with van der Waals surface area (Å²) in [6, 6.07) is 21.7. The van der Waals surface area contributed by atoms with Crippen molar-refractivity contribution in [3.63, 3.8) is 0 Å². The number of rotatable bonds is 8. The summed E-state index contributed by atoms with van der Waals surface area (Å²) in [5, 5.41) is 21.4. The van der Waals surface area contributed by atoms with Crippen LogP contribution in [0.3, 0.4) is 0 Å². The second-order valence-corrected chi connectivity index (χ2v) is 7.72. The number of fused-ring (bicyclic) bond motifs is 1. The lowest BCUT2D eigenvalue weighted by Gasteiger charge is -2.09. The van der Waals surface area contributed by atoms with E-state index < -0.39 is 10.8 Å². The number of benzene rings is 3. The third kappa shape index (κ3) is 5.09. The Bertz CT molecular complexity index is 1370. The van der Waals surface area contributed by atoms with E-state index in [4.69, 9.17) is 4.74 Å². The van der Waals surface area contributed by atoms with Crippen LogP contribution in [0.2, 0.25) is 0 Å². The minimum atomic E-state index is -0.500. The third-order valence-electron chi connectivity index (χ3n) is 5.38. The highest BCUT2D eigenvalue weighted by molar-refractivity contribution is 5.85. The smallest absolute Gasteiger partial charge is 0.312 e. The second kappa shape index (κ2) is 9.95. The van der Waals surface area contributed by atoms with Gasteiger partial charge in [0, 0.05) is 0 Å². The number of nitrogens with zero attached hydrogens (tertiary/aromatic N) is 4. The van der Waals surface area contributed by atoms with Crippen molar-refractivity contribution in [2.45, 2.75) is 27.0 Å². The molecule has 4 aromatic rings. The molecule has 34 heavy (non-hydrogen) atoms. The number of hydrogen-bond acceptors (Lipinski definition) is 6. The van der Waals surface area contributed by atoms with E-state index in [2.05, 4.69) is 39.9 Å². The number of ether oxygens (including phenoxy) is 1. The van der Waals surface area contributed by atoms with Gasteiger partial charge in [0.05, 0.1) is 11.1 Å². The number of nitro groups is 1. The maximum Gasteiger partial charge on any atom is 0.312 e. The van der Waals surface area contributed by atoms with Gasteiger partial charge < -0.3 is 4.74 Å². The summed E-state index contributed by atoms with van der Waals surface area (Å²) in [4.78, 5) is 22.7. The summed E-state index contributed by atoms with van der Waals surface area (Å²) < 4.78 is 7.22. The fraction of sp³-hybridized carbons (Fsp3) is 0.160. The van der Waals surface area contributed by atoms with Gasteiger partial charge in [-0.05, 0) is 60.0 Å². The first-order valence-corrected chi connectivity index (χ1v) is 10.6. The summed E-state index contributed by atoms with van der Waals surface area (Å²) in [6.07, 6.45) is 1.51. The SMILES string of the molecule is Cc1nn(CC(=O)N/N=C/c2ccc(OCc3cccc4ccccc34)cc2)c(C)c1[N+](=O)[O-]. The quantitative estimate of drug-likeness (QED) is 0.241. The van der Waals surface area contributed by atoms with Gasteiger partial charge in [-0.25, -0.2) is 5.43 Å². The average Bonchev–Trinajstić information content (AvgIpc) is 3.11. The van der Waals surface area contributed by atoms with Crippen molar-refractivity contribution in [2.24, 2.45) is 5.10 Å². The van der Waals surface area contributed by atoms with Gasteiger partial charge in [0.25, 0.3) is 5.91 Å². The lowest BCUT2D eigenvalue weighted by molar-refractivity contribution is -0.386. The van der Waals surface area contributed by atoms with Crippen molar-refractivity contribution in [1.29, 1.82) is 0 Å². The zero-order valence-corrected chi connectivity index (χ0v) is 18.8. The van der Waals surface area contributed by atoms with E-state index >= 15 is 0 Å². The van der Waals surface area contributed by atoms with Gasteiger partial charge in [-0.3, -0.25) is 19.6 Å². The lowest BCUT2D eigenvalue weighted by Crippen LogP contribution is -2.24. The number of carbonyl (C=O) groups excluding carboxylic acids is 1. The molecule has 172 valence electrons. The molecule has 9 nitrogen and oxygen atoms in total. The molecule has 0 spiro atoms. The molecule has 0 aliphatic heterocycles. The van der Waals surface area contributed by atoms with Crippen molar-refractivity contribution < 1.29 is 14.5 Å². The Hall–Kier alpha value is -4.53. The zero-order valence-electron chi connectivity index (χ0n) is 18.8. The molecule has 0 radical (unpaired) electrons. The topological polar surface area (TPSA) is 112 Å². The van der Waals surface area contributed by atoms with Crippen molar-refractivity contribution in [3.05, 3.63) is 99.4 Å². The summed E-state index contributed by atoms with van der Waals surface area (Å²) in [7, 11) is 0. The van der Waals surface area contributed by atoms with E-state index in [-0.39, 0.29) is 17.9 Å². The Morgan fingerprint density at radius 2 is 1.85 bits per heavy atom. The second-order valence-electron chi connectivity index (χ2n) is 7.72. The summed E-state index contributed by atoms with van der Waals surface area (Å²) in [6.45, 7) is 3.37. The number of carbonyl (C=O) groups is 1. The predicted octanol–water partition coefficient (Wildman–Crippen LogP) is 4.29. The van der Waals surface area contributed by atoms with E-state index in [9.17, 15) is 14.9 Å². The normalized spacial score (nSPS) is 11.1. The first kappa shape index (κ1) is 22.7. The number of nitrogens with one attached hydrogen (secondary N) is 1. The first-order chi connectivity index (χ1) is 16.4. The maximum absolute atomic E-state index is 12.1.